The third-order valence-electron chi connectivity index (χ3n) is 9.90. The third-order valence-corrected chi connectivity index (χ3v) is 9.90. The van der Waals surface area contributed by atoms with Crippen molar-refractivity contribution < 1.29 is 9.47 Å². The highest BCUT2D eigenvalue weighted by Gasteiger charge is 2.22. The molecule has 0 heterocycles. The lowest BCUT2D eigenvalue weighted by Gasteiger charge is -2.26. The Kier molecular flexibility index (Phi) is 10.3. The van der Waals surface area contributed by atoms with Gasteiger partial charge in [-0.25, -0.2) is 0 Å². The number of anilines is 3. The molecule has 0 radical (unpaired) electrons. The predicted octanol–water partition coefficient (Wildman–Crippen LogP) is 14.0. The Balaban J connectivity index is 1.28. The van der Waals surface area contributed by atoms with Crippen LogP contribution in [0.15, 0.2) is 200 Å². The number of rotatable bonds is 11. The van der Waals surface area contributed by atoms with Crippen LogP contribution in [0.25, 0.3) is 56.7 Å². The van der Waals surface area contributed by atoms with Crippen LogP contribution in [-0.4, -0.2) is 14.2 Å². The Morgan fingerprint density at radius 1 is 0.364 bits per heavy atom. The molecule has 8 aromatic rings. The summed E-state index contributed by atoms with van der Waals surface area (Å²) in [6, 6.07) is 70.5. The van der Waals surface area contributed by atoms with Gasteiger partial charge in [-0.2, -0.15) is 0 Å². The zero-order valence-corrected chi connectivity index (χ0v) is 31.0. The van der Waals surface area contributed by atoms with E-state index in [9.17, 15) is 0 Å². The first kappa shape index (κ1) is 35.0. The van der Waals surface area contributed by atoms with Gasteiger partial charge in [0.25, 0.3) is 0 Å². The number of ether oxygens (including phenoxy) is 2. The third kappa shape index (κ3) is 7.55. The summed E-state index contributed by atoms with van der Waals surface area (Å²) in [7, 11) is 3.38. The zero-order chi connectivity index (χ0) is 37.4. The molecule has 55 heavy (non-hydrogen) atoms. The highest BCUT2D eigenvalue weighted by Crippen LogP contribution is 2.48. The van der Waals surface area contributed by atoms with E-state index in [0.717, 1.165) is 39.7 Å². The maximum Gasteiger partial charge on any atom is 0.119 e. The van der Waals surface area contributed by atoms with Gasteiger partial charge >= 0.3 is 0 Å². The summed E-state index contributed by atoms with van der Waals surface area (Å²) in [5.74, 6) is 1.63. The highest BCUT2D eigenvalue weighted by molar-refractivity contribution is 6.05. The van der Waals surface area contributed by atoms with Crippen LogP contribution in [0.4, 0.5) is 17.1 Å². The van der Waals surface area contributed by atoms with Crippen LogP contribution in [-0.2, 0) is 0 Å². The summed E-state index contributed by atoms with van der Waals surface area (Å²) in [6.45, 7) is 0. The second-order valence-electron chi connectivity index (χ2n) is 13.3. The number of methoxy groups -OCH3 is 2. The van der Waals surface area contributed by atoms with E-state index < -0.39 is 0 Å². The lowest BCUT2D eigenvalue weighted by molar-refractivity contribution is 0.415. The van der Waals surface area contributed by atoms with Crippen molar-refractivity contribution in [1.82, 2.24) is 0 Å². The van der Waals surface area contributed by atoms with Crippen molar-refractivity contribution in [2.45, 2.75) is 0 Å². The Morgan fingerprint density at radius 3 is 1.18 bits per heavy atom. The number of benzene rings is 8. The summed E-state index contributed by atoms with van der Waals surface area (Å²) in [5, 5.41) is 0. The summed E-state index contributed by atoms with van der Waals surface area (Å²) in [5.41, 5.74) is 14.9. The molecule has 3 nitrogen and oxygen atoms in total. The van der Waals surface area contributed by atoms with Crippen LogP contribution in [0.1, 0.15) is 11.1 Å². The van der Waals surface area contributed by atoms with Crippen molar-refractivity contribution in [1.29, 1.82) is 0 Å². The standard InChI is InChI=1S/C52H41NO2/c1-54-47-33-29-45(30-34-47)53(46-31-35-48(55-2)36-32-46)44-27-24-38(25-28-44)23-26-43-37-49(39-15-7-3-8-16-39)51(41-19-11-5-12-20-41)52(42-21-13-6-14-22-42)50(43)40-17-9-4-10-18-40/h3-37H,1-2H3/b26-23+. The maximum absolute atomic E-state index is 5.46. The summed E-state index contributed by atoms with van der Waals surface area (Å²) < 4.78 is 10.9. The molecule has 0 N–H and O–H groups in total. The summed E-state index contributed by atoms with van der Waals surface area (Å²) in [4.78, 5) is 2.24. The number of hydrogen-bond acceptors (Lipinski definition) is 3. The average Bonchev–Trinajstić information content (AvgIpc) is 3.27. The van der Waals surface area contributed by atoms with Crippen LogP contribution >= 0.6 is 0 Å². The molecule has 8 aromatic carbocycles. The Hall–Kier alpha value is -7.10. The monoisotopic (exact) mass is 711 g/mol. The van der Waals surface area contributed by atoms with Crippen LogP contribution in [0.5, 0.6) is 11.5 Å². The fourth-order valence-corrected chi connectivity index (χ4v) is 7.22. The molecule has 0 bridgehead atoms. The maximum atomic E-state index is 5.46. The molecule has 0 fully saturated rings. The van der Waals surface area contributed by atoms with E-state index in [1.165, 1.54) is 44.5 Å². The molecular weight excluding hydrogens is 671 g/mol. The van der Waals surface area contributed by atoms with Gasteiger partial charge in [-0.15, -0.1) is 0 Å². The Bertz CT molecular complexity index is 2450. The van der Waals surface area contributed by atoms with E-state index in [1.807, 2.05) is 24.3 Å². The molecule has 3 heteroatoms. The summed E-state index contributed by atoms with van der Waals surface area (Å²) in [6.07, 6.45) is 4.50. The second kappa shape index (κ2) is 16.3. The molecule has 0 aliphatic heterocycles. The van der Waals surface area contributed by atoms with Crippen LogP contribution in [0.2, 0.25) is 0 Å². The zero-order valence-electron chi connectivity index (χ0n) is 31.0. The molecule has 0 saturated carbocycles. The van der Waals surface area contributed by atoms with Gasteiger partial charge in [0, 0.05) is 17.1 Å². The van der Waals surface area contributed by atoms with Gasteiger partial charge in [0.15, 0.2) is 0 Å². The van der Waals surface area contributed by atoms with Gasteiger partial charge in [0.1, 0.15) is 11.5 Å². The number of hydrogen-bond donors (Lipinski definition) is 0. The normalized spacial score (nSPS) is 11.0. The van der Waals surface area contributed by atoms with E-state index >= 15 is 0 Å². The Morgan fingerprint density at radius 2 is 0.745 bits per heavy atom. The van der Waals surface area contributed by atoms with Crippen molar-refractivity contribution >= 4 is 29.2 Å². The molecule has 266 valence electrons. The first-order chi connectivity index (χ1) is 27.2. The fourth-order valence-electron chi connectivity index (χ4n) is 7.22. The van der Waals surface area contributed by atoms with E-state index in [0.29, 0.717) is 0 Å². The quantitative estimate of drug-likeness (QED) is 0.125. The molecular formula is C52H41NO2. The fraction of sp³-hybridized carbons (Fsp3) is 0.0385. The summed E-state index contributed by atoms with van der Waals surface area (Å²) >= 11 is 0. The van der Waals surface area contributed by atoms with Crippen LogP contribution < -0.4 is 14.4 Å². The lowest BCUT2D eigenvalue weighted by atomic mass is 9.80. The molecule has 8 rings (SSSR count). The topological polar surface area (TPSA) is 21.7 Å². The van der Waals surface area contributed by atoms with E-state index in [2.05, 4.69) is 193 Å². The molecule has 0 unspecified atom stereocenters. The van der Waals surface area contributed by atoms with Gasteiger partial charge in [0.05, 0.1) is 14.2 Å². The van der Waals surface area contributed by atoms with Crippen molar-refractivity contribution in [2.75, 3.05) is 19.1 Å². The predicted molar refractivity (Wildman–Crippen MR) is 231 cm³/mol. The molecule has 0 spiro atoms. The minimum atomic E-state index is 0.816. The van der Waals surface area contributed by atoms with Gasteiger partial charge in [0.2, 0.25) is 0 Å². The van der Waals surface area contributed by atoms with Crippen molar-refractivity contribution in [3.8, 4) is 56.0 Å². The molecule has 0 saturated heterocycles. The van der Waals surface area contributed by atoms with E-state index in [-0.39, 0.29) is 0 Å². The van der Waals surface area contributed by atoms with Crippen molar-refractivity contribution in [3.63, 3.8) is 0 Å². The SMILES string of the molecule is COc1ccc(N(c2ccc(/C=C/c3cc(-c4ccccc4)c(-c4ccccc4)c(-c4ccccc4)c3-c3ccccc3)cc2)c2ccc(OC)cc2)cc1. The van der Waals surface area contributed by atoms with Gasteiger partial charge in [-0.1, -0.05) is 146 Å². The van der Waals surface area contributed by atoms with Crippen LogP contribution in [0, 0.1) is 0 Å². The molecule has 0 aliphatic carbocycles. The second-order valence-corrected chi connectivity index (χ2v) is 13.3. The smallest absolute Gasteiger partial charge is 0.119 e. The average molecular weight is 712 g/mol. The highest BCUT2D eigenvalue weighted by atomic mass is 16.5. The van der Waals surface area contributed by atoms with Crippen LogP contribution in [0.3, 0.4) is 0 Å². The van der Waals surface area contributed by atoms with Gasteiger partial charge < -0.3 is 14.4 Å². The van der Waals surface area contributed by atoms with Crippen molar-refractivity contribution in [2.24, 2.45) is 0 Å². The first-order valence-corrected chi connectivity index (χ1v) is 18.5. The van der Waals surface area contributed by atoms with Crippen molar-refractivity contribution in [3.05, 3.63) is 211 Å². The largest absolute Gasteiger partial charge is 0.497 e. The Labute approximate surface area is 324 Å². The molecule has 0 atom stereocenters. The first-order valence-electron chi connectivity index (χ1n) is 18.5. The van der Waals surface area contributed by atoms with Gasteiger partial charge in [-0.3, -0.25) is 0 Å². The minimum absolute atomic E-state index is 0.816. The molecule has 0 aliphatic rings. The minimum Gasteiger partial charge on any atom is -0.497 e. The molecule has 0 aromatic heterocycles. The number of nitrogens with zero attached hydrogens (tertiary/aromatic N) is 1. The van der Waals surface area contributed by atoms with Gasteiger partial charge in [-0.05, 0) is 122 Å². The molecule has 0 amide bonds. The van der Waals surface area contributed by atoms with E-state index in [1.54, 1.807) is 14.2 Å². The van der Waals surface area contributed by atoms with E-state index in [4.69, 9.17) is 9.47 Å². The lowest BCUT2D eigenvalue weighted by Crippen LogP contribution is -2.09.